The maximum absolute atomic E-state index is 6.27. The van der Waals surface area contributed by atoms with Crippen LogP contribution in [0.25, 0.3) is 10.9 Å². The number of hydrogen-bond donors (Lipinski definition) is 0. The zero-order valence-electron chi connectivity index (χ0n) is 10.6. The molecule has 1 atom stereocenters. The fourth-order valence-electron chi connectivity index (χ4n) is 2.37. The van der Waals surface area contributed by atoms with E-state index in [1.54, 1.807) is 0 Å². The minimum atomic E-state index is 0.341. The van der Waals surface area contributed by atoms with Crippen molar-refractivity contribution in [2.24, 2.45) is 0 Å². The Bertz CT molecular complexity index is 620. The lowest BCUT2D eigenvalue weighted by Crippen LogP contribution is -2.44. The van der Waals surface area contributed by atoms with E-state index in [0.29, 0.717) is 11.1 Å². The van der Waals surface area contributed by atoms with Gasteiger partial charge in [0.2, 0.25) is 0 Å². The number of fused-ring (bicyclic) bond motifs is 1. The third kappa shape index (κ3) is 2.57. The molecule has 3 rings (SSSR count). The van der Waals surface area contributed by atoms with Crippen LogP contribution in [0.5, 0.6) is 0 Å². The second-order valence-corrected chi connectivity index (χ2v) is 6.07. The molecule has 1 aromatic heterocycles. The predicted octanol–water partition coefficient (Wildman–Crippen LogP) is 3.88. The van der Waals surface area contributed by atoms with E-state index < -0.39 is 0 Å². The normalized spacial score (nSPS) is 19.9. The van der Waals surface area contributed by atoms with Crippen LogP contribution < -0.4 is 4.90 Å². The van der Waals surface area contributed by atoms with Crippen molar-refractivity contribution in [3.8, 4) is 0 Å². The van der Waals surface area contributed by atoms with Crippen LogP contribution in [-0.2, 0) is 4.74 Å². The summed E-state index contributed by atoms with van der Waals surface area (Å²) in [5, 5.41) is 1.72. The molecule has 5 heteroatoms. The zero-order chi connectivity index (χ0) is 13.4. The molecular formula is C14H14BrClN2O. The number of morpholine rings is 1. The van der Waals surface area contributed by atoms with E-state index in [1.165, 1.54) is 0 Å². The first-order valence-electron chi connectivity index (χ1n) is 6.25. The van der Waals surface area contributed by atoms with E-state index >= 15 is 0 Å². The number of halogens is 2. The van der Waals surface area contributed by atoms with E-state index in [4.69, 9.17) is 21.3 Å². The summed E-state index contributed by atoms with van der Waals surface area (Å²) in [7, 11) is 0. The first-order valence-corrected chi connectivity index (χ1v) is 7.42. The minimum Gasteiger partial charge on any atom is -0.377 e. The molecule has 3 nitrogen and oxygen atoms in total. The average molecular weight is 342 g/mol. The van der Waals surface area contributed by atoms with Crippen LogP contribution in [-0.4, -0.2) is 30.8 Å². The Kier molecular flexibility index (Phi) is 3.65. The van der Waals surface area contributed by atoms with Crippen molar-refractivity contribution >= 4 is 44.3 Å². The molecule has 1 aliphatic rings. The fraction of sp³-hybridized carbons (Fsp3) is 0.357. The van der Waals surface area contributed by atoms with Crippen LogP contribution in [0.1, 0.15) is 6.92 Å². The maximum atomic E-state index is 6.27. The van der Waals surface area contributed by atoms with Gasteiger partial charge in [-0.3, -0.25) is 0 Å². The van der Waals surface area contributed by atoms with Gasteiger partial charge in [-0.15, -0.1) is 0 Å². The lowest BCUT2D eigenvalue weighted by molar-refractivity contribution is 0.0986. The molecule has 1 saturated heterocycles. The number of nitrogens with zero attached hydrogens (tertiary/aromatic N) is 2. The first kappa shape index (κ1) is 13.2. The van der Waals surface area contributed by atoms with Gasteiger partial charge < -0.3 is 9.64 Å². The summed E-state index contributed by atoms with van der Waals surface area (Å²) in [5.41, 5.74) is 0.848. The Morgan fingerprint density at radius 1 is 1.42 bits per heavy atom. The first-order chi connectivity index (χ1) is 9.15. The van der Waals surface area contributed by atoms with E-state index in [-0.39, 0.29) is 0 Å². The second kappa shape index (κ2) is 5.27. The molecule has 2 aromatic rings. The van der Waals surface area contributed by atoms with Gasteiger partial charge in [-0.05, 0) is 31.2 Å². The Balaban J connectivity index is 2.06. The summed E-state index contributed by atoms with van der Waals surface area (Å²) in [5.74, 6) is 0.965. The third-order valence-corrected chi connectivity index (χ3v) is 4.10. The van der Waals surface area contributed by atoms with Crippen molar-refractivity contribution in [1.82, 2.24) is 4.98 Å². The number of ether oxygens (including phenoxy) is 1. The third-order valence-electron chi connectivity index (χ3n) is 3.36. The fourth-order valence-corrected chi connectivity index (χ4v) is 3.25. The van der Waals surface area contributed by atoms with Crippen LogP contribution >= 0.6 is 27.5 Å². The SMILES string of the molecule is CC1COCCN1c1ccc2cc(Br)cc(Cl)c2n1. The standard InChI is InChI=1S/C14H14BrClN2O/c1-9-8-19-5-4-18(9)13-3-2-10-6-11(15)7-12(16)14(10)17-13/h2-3,6-7,9H,4-5,8H2,1H3. The van der Waals surface area contributed by atoms with Gasteiger partial charge in [0.1, 0.15) is 5.82 Å². The van der Waals surface area contributed by atoms with E-state index in [1.807, 2.05) is 18.2 Å². The summed E-state index contributed by atoms with van der Waals surface area (Å²) in [4.78, 5) is 6.97. The lowest BCUT2D eigenvalue weighted by Gasteiger charge is -2.34. The largest absolute Gasteiger partial charge is 0.377 e. The number of benzene rings is 1. The lowest BCUT2D eigenvalue weighted by atomic mass is 10.2. The highest BCUT2D eigenvalue weighted by Gasteiger charge is 2.20. The van der Waals surface area contributed by atoms with Gasteiger partial charge in [0.05, 0.1) is 29.8 Å². The van der Waals surface area contributed by atoms with E-state index in [0.717, 1.165) is 41.0 Å². The summed E-state index contributed by atoms with van der Waals surface area (Å²) >= 11 is 9.72. The smallest absolute Gasteiger partial charge is 0.129 e. The second-order valence-electron chi connectivity index (χ2n) is 4.75. The monoisotopic (exact) mass is 340 g/mol. The van der Waals surface area contributed by atoms with Crippen molar-refractivity contribution in [1.29, 1.82) is 0 Å². The van der Waals surface area contributed by atoms with Gasteiger partial charge in [0, 0.05) is 16.4 Å². The molecule has 0 spiro atoms. The molecule has 0 radical (unpaired) electrons. The van der Waals surface area contributed by atoms with Crippen molar-refractivity contribution in [3.05, 3.63) is 33.8 Å². The topological polar surface area (TPSA) is 25.4 Å². The molecular weight excluding hydrogens is 328 g/mol. The van der Waals surface area contributed by atoms with Crippen molar-refractivity contribution in [2.45, 2.75) is 13.0 Å². The van der Waals surface area contributed by atoms with Crippen molar-refractivity contribution in [3.63, 3.8) is 0 Å². The summed E-state index contributed by atoms with van der Waals surface area (Å²) in [6.07, 6.45) is 0. The van der Waals surface area contributed by atoms with Gasteiger partial charge in [-0.25, -0.2) is 4.98 Å². The Morgan fingerprint density at radius 2 is 2.26 bits per heavy atom. The molecule has 19 heavy (non-hydrogen) atoms. The molecule has 1 unspecified atom stereocenters. The number of pyridine rings is 1. The van der Waals surface area contributed by atoms with E-state index in [9.17, 15) is 0 Å². The molecule has 1 aromatic carbocycles. The number of rotatable bonds is 1. The molecule has 0 saturated carbocycles. The Hall–Kier alpha value is -0.840. The molecule has 100 valence electrons. The van der Waals surface area contributed by atoms with Gasteiger partial charge >= 0.3 is 0 Å². The predicted molar refractivity (Wildman–Crippen MR) is 82.1 cm³/mol. The van der Waals surface area contributed by atoms with Crippen LogP contribution in [0, 0.1) is 0 Å². The van der Waals surface area contributed by atoms with E-state index in [2.05, 4.69) is 33.8 Å². The van der Waals surface area contributed by atoms with Gasteiger partial charge in [0.15, 0.2) is 0 Å². The van der Waals surface area contributed by atoms with Gasteiger partial charge in [-0.2, -0.15) is 0 Å². The number of hydrogen-bond acceptors (Lipinski definition) is 3. The maximum Gasteiger partial charge on any atom is 0.129 e. The van der Waals surface area contributed by atoms with Crippen LogP contribution in [0.3, 0.4) is 0 Å². The summed E-state index contributed by atoms with van der Waals surface area (Å²) in [6.45, 7) is 4.51. The van der Waals surface area contributed by atoms with Crippen LogP contribution in [0.4, 0.5) is 5.82 Å². The molecule has 0 N–H and O–H groups in total. The number of aromatic nitrogens is 1. The highest BCUT2D eigenvalue weighted by Crippen LogP contribution is 2.29. The molecule has 0 bridgehead atoms. The molecule has 1 fully saturated rings. The van der Waals surface area contributed by atoms with Crippen LogP contribution in [0.2, 0.25) is 5.02 Å². The highest BCUT2D eigenvalue weighted by atomic mass is 79.9. The molecule has 2 heterocycles. The zero-order valence-corrected chi connectivity index (χ0v) is 12.9. The molecule has 0 aliphatic carbocycles. The van der Waals surface area contributed by atoms with Gasteiger partial charge in [0.25, 0.3) is 0 Å². The minimum absolute atomic E-state index is 0.341. The summed E-state index contributed by atoms with van der Waals surface area (Å²) in [6, 6.07) is 8.36. The highest BCUT2D eigenvalue weighted by molar-refractivity contribution is 9.10. The molecule has 1 aliphatic heterocycles. The van der Waals surface area contributed by atoms with Crippen molar-refractivity contribution < 1.29 is 4.74 Å². The number of anilines is 1. The quantitative estimate of drug-likeness (QED) is 0.787. The van der Waals surface area contributed by atoms with Crippen molar-refractivity contribution in [2.75, 3.05) is 24.7 Å². The van der Waals surface area contributed by atoms with Crippen LogP contribution in [0.15, 0.2) is 28.7 Å². The summed E-state index contributed by atoms with van der Waals surface area (Å²) < 4.78 is 6.43. The average Bonchev–Trinajstić information content (AvgIpc) is 2.39. The Morgan fingerprint density at radius 3 is 3.05 bits per heavy atom. The molecule has 0 amide bonds. The van der Waals surface area contributed by atoms with Gasteiger partial charge in [-0.1, -0.05) is 27.5 Å². The Labute approximate surface area is 125 Å².